The van der Waals surface area contributed by atoms with Crippen molar-refractivity contribution < 1.29 is 0 Å². The quantitative estimate of drug-likeness (QED) is 0.870. The van der Waals surface area contributed by atoms with Crippen LogP contribution in [-0.4, -0.2) is 14.7 Å². The molecule has 5 heteroatoms. The maximum absolute atomic E-state index is 4.40. The first-order chi connectivity index (χ1) is 8.61. The fourth-order valence-corrected chi connectivity index (χ4v) is 3.04. The Balaban J connectivity index is 1.74. The second kappa shape index (κ2) is 4.24. The van der Waals surface area contributed by atoms with Gasteiger partial charge in [0.15, 0.2) is 5.50 Å². The van der Waals surface area contributed by atoms with E-state index in [0.717, 1.165) is 17.2 Å². The lowest BCUT2D eigenvalue weighted by Gasteiger charge is -2.15. The lowest BCUT2D eigenvalue weighted by Crippen LogP contribution is -2.21. The van der Waals surface area contributed by atoms with Crippen LogP contribution in [-0.2, 0) is 0 Å². The number of nitrogens with one attached hydrogen (secondary N) is 2. The van der Waals surface area contributed by atoms with Crippen molar-refractivity contribution in [1.82, 2.24) is 9.19 Å². The molecule has 0 unspecified atom stereocenters. The van der Waals surface area contributed by atoms with E-state index in [1.54, 1.807) is 11.9 Å². The molecule has 0 spiro atoms. The molecule has 0 amide bonds. The van der Waals surface area contributed by atoms with Crippen molar-refractivity contribution in [2.45, 2.75) is 26.3 Å². The van der Waals surface area contributed by atoms with E-state index in [4.69, 9.17) is 0 Å². The summed E-state index contributed by atoms with van der Waals surface area (Å²) in [6.07, 6.45) is 0. The van der Waals surface area contributed by atoms with Crippen LogP contribution in [0.1, 0.15) is 16.8 Å². The third-order valence-electron chi connectivity index (χ3n) is 2.95. The normalized spacial score (nSPS) is 17.4. The maximum atomic E-state index is 4.40. The molecule has 2 aromatic rings. The van der Waals surface area contributed by atoms with Crippen LogP contribution >= 0.6 is 11.9 Å². The molecule has 0 radical (unpaired) electrons. The predicted molar refractivity (Wildman–Crippen MR) is 76.9 cm³/mol. The zero-order chi connectivity index (χ0) is 12.7. The summed E-state index contributed by atoms with van der Waals surface area (Å²) in [6.45, 7) is 6.23. The smallest absolute Gasteiger partial charge is 0.168 e. The first-order valence-electron chi connectivity index (χ1n) is 5.96. The van der Waals surface area contributed by atoms with Crippen LogP contribution in [0.4, 0.5) is 11.5 Å². The Morgan fingerprint density at radius 2 is 2.11 bits per heavy atom. The number of rotatable bonds is 2. The van der Waals surface area contributed by atoms with Gasteiger partial charge < -0.3 is 10.6 Å². The van der Waals surface area contributed by atoms with Crippen molar-refractivity contribution in [1.29, 1.82) is 0 Å². The first-order valence-corrected chi connectivity index (χ1v) is 6.79. The summed E-state index contributed by atoms with van der Waals surface area (Å²) in [5.74, 6) is 1.06. The molecule has 4 nitrogen and oxygen atoms in total. The van der Waals surface area contributed by atoms with Crippen molar-refractivity contribution in [3.05, 3.63) is 41.1 Å². The molecule has 2 N–H and O–H groups in total. The van der Waals surface area contributed by atoms with Crippen molar-refractivity contribution >= 4 is 23.5 Å². The topological polar surface area (TPSA) is 41.9 Å². The second-order valence-corrected chi connectivity index (χ2v) is 5.66. The highest BCUT2D eigenvalue weighted by molar-refractivity contribution is 7.98. The fourth-order valence-electron chi connectivity index (χ4n) is 2.10. The monoisotopic (exact) mass is 260 g/mol. The SMILES string of the molecule is Cc1ccc(N[C@H]2Nc3cc(C)nn3S2)c(C)c1. The van der Waals surface area contributed by atoms with Gasteiger partial charge in [0.05, 0.1) is 5.69 Å². The molecule has 0 saturated carbocycles. The standard InChI is InChI=1S/C13H16N4S/c1-8-4-5-11(9(2)6-8)14-13-15-12-7-10(3)16-17(12)18-13/h4-7,13-15H,1-3H3/t13-/m0/s1. The van der Waals surface area contributed by atoms with Gasteiger partial charge in [-0.05, 0) is 32.4 Å². The first kappa shape index (κ1) is 11.5. The van der Waals surface area contributed by atoms with E-state index >= 15 is 0 Å². The van der Waals surface area contributed by atoms with Crippen molar-refractivity contribution in [3.63, 3.8) is 0 Å². The van der Waals surface area contributed by atoms with Crippen LogP contribution in [0.5, 0.6) is 0 Å². The van der Waals surface area contributed by atoms with Gasteiger partial charge in [0.2, 0.25) is 0 Å². The van der Waals surface area contributed by atoms with Crippen LogP contribution in [0.15, 0.2) is 24.3 Å². The highest BCUT2D eigenvalue weighted by Crippen LogP contribution is 2.31. The van der Waals surface area contributed by atoms with Crippen LogP contribution in [0.3, 0.4) is 0 Å². The molecule has 1 aliphatic heterocycles. The molecule has 3 rings (SSSR count). The van der Waals surface area contributed by atoms with Gasteiger partial charge in [-0.2, -0.15) is 9.19 Å². The average Bonchev–Trinajstić information content (AvgIpc) is 2.79. The highest BCUT2D eigenvalue weighted by atomic mass is 32.2. The van der Waals surface area contributed by atoms with Gasteiger partial charge in [0.25, 0.3) is 0 Å². The Hall–Kier alpha value is -1.62. The molecule has 0 bridgehead atoms. The zero-order valence-corrected chi connectivity index (χ0v) is 11.5. The number of hydrogen-bond donors (Lipinski definition) is 2. The second-order valence-electron chi connectivity index (χ2n) is 4.64. The Morgan fingerprint density at radius 3 is 2.83 bits per heavy atom. The predicted octanol–water partition coefficient (Wildman–Crippen LogP) is 3.13. The molecule has 0 aliphatic carbocycles. The summed E-state index contributed by atoms with van der Waals surface area (Å²) in [7, 11) is 0. The van der Waals surface area contributed by atoms with Gasteiger partial charge >= 0.3 is 0 Å². The Kier molecular flexibility index (Phi) is 2.70. The zero-order valence-electron chi connectivity index (χ0n) is 10.7. The average molecular weight is 260 g/mol. The molecular weight excluding hydrogens is 244 g/mol. The van der Waals surface area contributed by atoms with Crippen molar-refractivity contribution in [2.24, 2.45) is 0 Å². The molecule has 0 saturated heterocycles. The van der Waals surface area contributed by atoms with E-state index in [9.17, 15) is 0 Å². The van der Waals surface area contributed by atoms with Crippen LogP contribution in [0.2, 0.25) is 0 Å². The highest BCUT2D eigenvalue weighted by Gasteiger charge is 2.22. The number of aryl methyl sites for hydroxylation is 3. The molecule has 1 aliphatic rings. The fraction of sp³-hybridized carbons (Fsp3) is 0.308. The minimum atomic E-state index is 0.134. The lowest BCUT2D eigenvalue weighted by molar-refractivity contribution is 0.996. The Labute approximate surface area is 111 Å². The number of fused-ring (bicyclic) bond motifs is 1. The van der Waals surface area contributed by atoms with E-state index in [1.165, 1.54) is 11.1 Å². The third-order valence-corrected chi connectivity index (χ3v) is 3.88. The molecule has 0 fully saturated rings. The summed E-state index contributed by atoms with van der Waals surface area (Å²) in [6, 6.07) is 8.48. The van der Waals surface area contributed by atoms with E-state index < -0.39 is 0 Å². The van der Waals surface area contributed by atoms with E-state index in [2.05, 4.69) is 53.8 Å². The molecule has 2 heterocycles. The van der Waals surface area contributed by atoms with Crippen LogP contribution < -0.4 is 10.6 Å². The van der Waals surface area contributed by atoms with E-state index in [-0.39, 0.29) is 5.50 Å². The maximum Gasteiger partial charge on any atom is 0.168 e. The number of aromatic nitrogens is 2. The summed E-state index contributed by atoms with van der Waals surface area (Å²) in [4.78, 5) is 0. The largest absolute Gasteiger partial charge is 0.355 e. The van der Waals surface area contributed by atoms with Gasteiger partial charge in [-0.25, -0.2) is 0 Å². The molecule has 1 aromatic carbocycles. The Bertz CT molecular complexity index is 567. The van der Waals surface area contributed by atoms with Crippen molar-refractivity contribution in [3.8, 4) is 0 Å². The molecule has 1 atom stereocenters. The minimum Gasteiger partial charge on any atom is -0.355 e. The van der Waals surface area contributed by atoms with E-state index in [0.29, 0.717) is 0 Å². The van der Waals surface area contributed by atoms with Crippen molar-refractivity contribution in [2.75, 3.05) is 10.6 Å². The minimum absolute atomic E-state index is 0.134. The number of hydrogen-bond acceptors (Lipinski definition) is 4. The molecule has 1 aromatic heterocycles. The summed E-state index contributed by atoms with van der Waals surface area (Å²) >= 11 is 1.65. The van der Waals surface area contributed by atoms with Gasteiger partial charge in [0.1, 0.15) is 5.82 Å². The summed E-state index contributed by atoms with van der Waals surface area (Å²) in [5, 5.41) is 11.3. The van der Waals surface area contributed by atoms with Gasteiger partial charge in [0, 0.05) is 23.7 Å². The molecular formula is C13H16N4S. The van der Waals surface area contributed by atoms with Crippen LogP contribution in [0.25, 0.3) is 0 Å². The van der Waals surface area contributed by atoms with Gasteiger partial charge in [-0.15, -0.1) is 0 Å². The summed E-state index contributed by atoms with van der Waals surface area (Å²) in [5.41, 5.74) is 4.88. The molecule has 94 valence electrons. The van der Waals surface area contributed by atoms with Crippen LogP contribution in [0, 0.1) is 20.8 Å². The van der Waals surface area contributed by atoms with E-state index in [1.807, 2.05) is 11.0 Å². The number of benzene rings is 1. The number of nitrogens with zero attached hydrogens (tertiary/aromatic N) is 2. The summed E-state index contributed by atoms with van der Waals surface area (Å²) < 4.78 is 1.93. The van der Waals surface area contributed by atoms with Gasteiger partial charge in [-0.1, -0.05) is 17.7 Å². The number of anilines is 2. The molecule has 18 heavy (non-hydrogen) atoms. The third kappa shape index (κ3) is 2.06. The lowest BCUT2D eigenvalue weighted by atomic mass is 10.1. The van der Waals surface area contributed by atoms with Gasteiger partial charge in [-0.3, -0.25) is 0 Å². The Morgan fingerprint density at radius 1 is 1.28 bits per heavy atom.